The fraction of sp³-hybridized carbons (Fsp3) is 0.417. The van der Waals surface area contributed by atoms with Crippen molar-refractivity contribution in [2.45, 2.75) is 24.3 Å². The summed E-state index contributed by atoms with van der Waals surface area (Å²) in [7, 11) is -2.08. The molecule has 1 rings (SSSR count). The summed E-state index contributed by atoms with van der Waals surface area (Å²) in [5, 5.41) is -0.732. The lowest BCUT2D eigenvalue weighted by molar-refractivity contribution is -0.140. The standard InChI is InChI=1S/C12H15IO4S/c1-9(7-12(14)17-2)18(15,16)8-10-3-5-11(13)6-4-10/h3-6,9H,7-8H2,1-2H3. The van der Waals surface area contributed by atoms with Gasteiger partial charge in [0.05, 0.1) is 24.5 Å². The summed E-state index contributed by atoms with van der Waals surface area (Å²) < 4.78 is 29.6. The fourth-order valence-corrected chi connectivity index (χ4v) is 3.09. The van der Waals surface area contributed by atoms with Crippen molar-refractivity contribution in [3.05, 3.63) is 33.4 Å². The van der Waals surface area contributed by atoms with Crippen molar-refractivity contribution < 1.29 is 17.9 Å². The number of hydrogen-bond donors (Lipinski definition) is 0. The minimum Gasteiger partial charge on any atom is -0.469 e. The van der Waals surface area contributed by atoms with Crippen LogP contribution < -0.4 is 0 Å². The van der Waals surface area contributed by atoms with Gasteiger partial charge in [-0.1, -0.05) is 12.1 Å². The van der Waals surface area contributed by atoms with E-state index >= 15 is 0 Å². The lowest BCUT2D eigenvalue weighted by Crippen LogP contribution is -2.23. The molecule has 0 saturated carbocycles. The molecule has 0 bridgehead atoms. The van der Waals surface area contributed by atoms with Gasteiger partial charge in [0.25, 0.3) is 0 Å². The van der Waals surface area contributed by atoms with Crippen LogP contribution in [-0.4, -0.2) is 26.7 Å². The first-order chi connectivity index (χ1) is 8.35. The molecule has 1 aromatic rings. The molecular weight excluding hydrogens is 367 g/mol. The number of hydrogen-bond acceptors (Lipinski definition) is 4. The van der Waals surface area contributed by atoms with E-state index < -0.39 is 21.1 Å². The van der Waals surface area contributed by atoms with Crippen molar-refractivity contribution in [1.82, 2.24) is 0 Å². The first kappa shape index (κ1) is 15.4. The largest absolute Gasteiger partial charge is 0.469 e. The van der Waals surface area contributed by atoms with Crippen LogP contribution >= 0.6 is 22.6 Å². The number of ether oxygens (including phenoxy) is 1. The number of rotatable bonds is 5. The van der Waals surface area contributed by atoms with Crippen LogP contribution in [-0.2, 0) is 25.1 Å². The summed E-state index contributed by atoms with van der Waals surface area (Å²) in [5.41, 5.74) is 0.729. The summed E-state index contributed by atoms with van der Waals surface area (Å²) in [4.78, 5) is 11.1. The molecule has 4 nitrogen and oxygen atoms in total. The van der Waals surface area contributed by atoms with Crippen LogP contribution in [0, 0.1) is 3.57 Å². The van der Waals surface area contributed by atoms with Crippen LogP contribution in [0.5, 0.6) is 0 Å². The second-order valence-electron chi connectivity index (χ2n) is 4.02. The van der Waals surface area contributed by atoms with Gasteiger partial charge >= 0.3 is 5.97 Å². The van der Waals surface area contributed by atoms with Gasteiger partial charge in [0, 0.05) is 3.57 Å². The third kappa shape index (κ3) is 4.56. The summed E-state index contributed by atoms with van der Waals surface area (Å²) in [6.07, 6.45) is -0.108. The third-order valence-corrected chi connectivity index (χ3v) is 5.42. The van der Waals surface area contributed by atoms with Crippen molar-refractivity contribution in [2.24, 2.45) is 0 Å². The van der Waals surface area contributed by atoms with Gasteiger partial charge in [-0.15, -0.1) is 0 Å². The smallest absolute Gasteiger partial charge is 0.306 e. The Morgan fingerprint density at radius 2 is 1.89 bits per heavy atom. The van der Waals surface area contributed by atoms with Gasteiger partial charge in [0.15, 0.2) is 9.84 Å². The molecule has 1 atom stereocenters. The SMILES string of the molecule is COC(=O)CC(C)S(=O)(=O)Cc1ccc(I)cc1. The fourth-order valence-electron chi connectivity index (χ4n) is 1.40. The molecule has 0 saturated heterocycles. The second kappa shape index (κ2) is 6.51. The first-order valence-corrected chi connectivity index (χ1v) is 8.17. The van der Waals surface area contributed by atoms with Crippen LogP contribution in [0.4, 0.5) is 0 Å². The van der Waals surface area contributed by atoms with Gasteiger partial charge in [0.2, 0.25) is 0 Å². The summed E-state index contributed by atoms with van der Waals surface area (Å²) >= 11 is 2.16. The van der Waals surface area contributed by atoms with Gasteiger partial charge in [-0.2, -0.15) is 0 Å². The maximum absolute atomic E-state index is 12.0. The molecule has 0 N–H and O–H groups in total. The lowest BCUT2D eigenvalue weighted by atomic mass is 10.2. The molecule has 0 heterocycles. The van der Waals surface area contributed by atoms with E-state index in [0.717, 1.165) is 9.13 Å². The molecular formula is C12H15IO4S. The van der Waals surface area contributed by atoms with Crippen molar-refractivity contribution in [2.75, 3.05) is 7.11 Å². The van der Waals surface area contributed by atoms with Crippen LogP contribution in [0.2, 0.25) is 0 Å². The first-order valence-electron chi connectivity index (χ1n) is 5.38. The molecule has 0 aliphatic rings. The quantitative estimate of drug-likeness (QED) is 0.579. The number of halogens is 1. The highest BCUT2D eigenvalue weighted by Crippen LogP contribution is 2.15. The van der Waals surface area contributed by atoms with E-state index in [-0.39, 0.29) is 12.2 Å². The molecule has 100 valence electrons. The maximum Gasteiger partial charge on any atom is 0.306 e. The number of carbonyl (C=O) groups is 1. The average Bonchev–Trinajstić information content (AvgIpc) is 2.31. The van der Waals surface area contributed by atoms with E-state index in [1.54, 1.807) is 12.1 Å². The topological polar surface area (TPSA) is 60.4 Å². The minimum atomic E-state index is -3.33. The van der Waals surface area contributed by atoms with Gasteiger partial charge in [-0.05, 0) is 47.2 Å². The maximum atomic E-state index is 12.0. The molecule has 1 aromatic carbocycles. The molecule has 0 aliphatic carbocycles. The number of methoxy groups -OCH3 is 1. The number of sulfone groups is 1. The molecule has 0 amide bonds. The van der Waals surface area contributed by atoms with Gasteiger partial charge in [0.1, 0.15) is 0 Å². The van der Waals surface area contributed by atoms with E-state index in [0.29, 0.717) is 0 Å². The monoisotopic (exact) mass is 382 g/mol. The predicted molar refractivity (Wildman–Crippen MR) is 77.9 cm³/mol. The van der Waals surface area contributed by atoms with Crippen LogP contribution in [0.15, 0.2) is 24.3 Å². The summed E-state index contributed by atoms with van der Waals surface area (Å²) in [6.45, 7) is 1.53. The van der Waals surface area contributed by atoms with Gasteiger partial charge < -0.3 is 4.74 Å². The Balaban J connectivity index is 2.75. The predicted octanol–water partition coefficient (Wildman–Crippen LogP) is 2.16. The second-order valence-corrected chi connectivity index (χ2v) is 7.69. The molecule has 0 fully saturated rings. The molecule has 1 unspecified atom stereocenters. The van der Waals surface area contributed by atoms with E-state index in [9.17, 15) is 13.2 Å². The number of carbonyl (C=O) groups excluding carboxylic acids is 1. The normalized spacial score (nSPS) is 13.1. The van der Waals surface area contributed by atoms with E-state index in [1.165, 1.54) is 14.0 Å². The zero-order valence-electron chi connectivity index (χ0n) is 10.2. The average molecular weight is 382 g/mol. The van der Waals surface area contributed by atoms with E-state index in [2.05, 4.69) is 27.3 Å². The van der Waals surface area contributed by atoms with Gasteiger partial charge in [-0.25, -0.2) is 8.42 Å². The van der Waals surface area contributed by atoms with Crippen LogP contribution in [0.3, 0.4) is 0 Å². The highest BCUT2D eigenvalue weighted by Gasteiger charge is 2.24. The van der Waals surface area contributed by atoms with E-state index in [4.69, 9.17) is 0 Å². The zero-order chi connectivity index (χ0) is 13.8. The molecule has 0 aliphatic heterocycles. The highest BCUT2D eigenvalue weighted by atomic mass is 127. The van der Waals surface area contributed by atoms with Crippen molar-refractivity contribution in [3.8, 4) is 0 Å². The number of esters is 1. The third-order valence-electron chi connectivity index (χ3n) is 2.58. The molecule has 0 aromatic heterocycles. The Labute approximate surface area is 121 Å². The van der Waals surface area contributed by atoms with Crippen LogP contribution in [0.1, 0.15) is 18.9 Å². The molecule has 18 heavy (non-hydrogen) atoms. The molecule has 6 heteroatoms. The summed E-state index contributed by atoms with van der Waals surface area (Å²) in [5.74, 6) is -0.559. The van der Waals surface area contributed by atoms with E-state index in [1.807, 2.05) is 12.1 Å². The lowest BCUT2D eigenvalue weighted by Gasteiger charge is -2.11. The Morgan fingerprint density at radius 3 is 2.39 bits per heavy atom. The Bertz CT molecular complexity index is 507. The molecule has 0 radical (unpaired) electrons. The van der Waals surface area contributed by atoms with Crippen molar-refractivity contribution >= 4 is 38.4 Å². The van der Waals surface area contributed by atoms with Crippen molar-refractivity contribution in [1.29, 1.82) is 0 Å². The summed E-state index contributed by atoms with van der Waals surface area (Å²) in [6, 6.07) is 7.28. The zero-order valence-corrected chi connectivity index (χ0v) is 13.2. The Kier molecular flexibility index (Phi) is 5.58. The molecule has 0 spiro atoms. The minimum absolute atomic E-state index is 0.0535. The van der Waals surface area contributed by atoms with Crippen LogP contribution in [0.25, 0.3) is 0 Å². The number of benzene rings is 1. The van der Waals surface area contributed by atoms with Crippen molar-refractivity contribution in [3.63, 3.8) is 0 Å². The Morgan fingerprint density at radius 1 is 1.33 bits per heavy atom. The highest BCUT2D eigenvalue weighted by molar-refractivity contribution is 14.1. The Hall–Kier alpha value is -0.630. The van der Waals surface area contributed by atoms with Gasteiger partial charge in [-0.3, -0.25) is 4.79 Å².